The van der Waals surface area contributed by atoms with E-state index in [0.29, 0.717) is 17.9 Å². The van der Waals surface area contributed by atoms with Gasteiger partial charge in [0.25, 0.3) is 5.91 Å². The average molecular weight is 367 g/mol. The summed E-state index contributed by atoms with van der Waals surface area (Å²) < 4.78 is 12.9. The van der Waals surface area contributed by atoms with Gasteiger partial charge >= 0.3 is 6.03 Å². The SMILES string of the molecule is C[C@]12CCCO[C@@H]1[C@@]1(NC(=O)NC1=O)c1cc(Br)ccc1O2. The van der Waals surface area contributed by atoms with Gasteiger partial charge in [0.05, 0.1) is 0 Å². The van der Waals surface area contributed by atoms with Gasteiger partial charge in [-0.25, -0.2) is 4.79 Å². The molecule has 0 unspecified atom stereocenters. The molecule has 1 spiro atoms. The molecule has 6 nitrogen and oxygen atoms in total. The third-order valence-electron chi connectivity index (χ3n) is 4.66. The maximum atomic E-state index is 12.7. The molecule has 1 aromatic carbocycles. The summed E-state index contributed by atoms with van der Waals surface area (Å²) >= 11 is 3.42. The predicted octanol–water partition coefficient (Wildman–Crippen LogP) is 1.81. The van der Waals surface area contributed by atoms with Crippen LogP contribution in [0.5, 0.6) is 5.75 Å². The van der Waals surface area contributed by atoms with Crippen LogP contribution in [-0.2, 0) is 15.1 Å². The van der Waals surface area contributed by atoms with Crippen LogP contribution >= 0.6 is 15.9 Å². The first kappa shape index (κ1) is 14.0. The van der Waals surface area contributed by atoms with E-state index in [1.165, 1.54) is 0 Å². The Kier molecular flexibility index (Phi) is 2.84. The molecule has 2 fully saturated rings. The molecule has 0 aliphatic carbocycles. The number of carbonyl (C=O) groups excluding carboxylic acids is 2. The predicted molar refractivity (Wildman–Crippen MR) is 80.5 cm³/mol. The summed E-state index contributed by atoms with van der Waals surface area (Å²) in [5, 5.41) is 5.15. The molecule has 0 bridgehead atoms. The Balaban J connectivity index is 1.98. The lowest BCUT2D eigenvalue weighted by Gasteiger charge is -2.52. The summed E-state index contributed by atoms with van der Waals surface area (Å²) in [7, 11) is 0. The van der Waals surface area contributed by atoms with Crippen molar-refractivity contribution in [3.05, 3.63) is 28.2 Å². The van der Waals surface area contributed by atoms with Gasteiger partial charge < -0.3 is 14.8 Å². The molecule has 3 atom stereocenters. The molecule has 7 heteroatoms. The fourth-order valence-corrected chi connectivity index (χ4v) is 4.12. The molecule has 3 aliphatic heterocycles. The van der Waals surface area contributed by atoms with E-state index in [1.54, 1.807) is 6.07 Å². The summed E-state index contributed by atoms with van der Waals surface area (Å²) in [5.74, 6) is 0.211. The second-order valence-corrected chi connectivity index (χ2v) is 7.04. The molecule has 4 rings (SSSR count). The maximum Gasteiger partial charge on any atom is 0.322 e. The Morgan fingerprint density at radius 1 is 1.36 bits per heavy atom. The van der Waals surface area contributed by atoms with Gasteiger partial charge in [-0.2, -0.15) is 0 Å². The van der Waals surface area contributed by atoms with Crippen molar-refractivity contribution in [3.8, 4) is 5.75 Å². The largest absolute Gasteiger partial charge is 0.484 e. The zero-order chi connectivity index (χ0) is 15.5. The number of rotatable bonds is 0. The van der Waals surface area contributed by atoms with Crippen LogP contribution in [0.4, 0.5) is 4.79 Å². The molecule has 1 aromatic rings. The minimum atomic E-state index is -1.25. The van der Waals surface area contributed by atoms with Crippen LogP contribution in [0.2, 0.25) is 0 Å². The average Bonchev–Trinajstić information content (AvgIpc) is 2.75. The summed E-state index contributed by atoms with van der Waals surface area (Å²) in [6, 6.07) is 4.97. The van der Waals surface area contributed by atoms with Crippen LogP contribution in [0.1, 0.15) is 25.3 Å². The third kappa shape index (κ3) is 1.69. The van der Waals surface area contributed by atoms with Crippen molar-refractivity contribution in [1.29, 1.82) is 0 Å². The minimum absolute atomic E-state index is 0.390. The molecule has 3 aliphatic rings. The van der Waals surface area contributed by atoms with Crippen LogP contribution in [0.15, 0.2) is 22.7 Å². The molecule has 3 amide bonds. The standard InChI is InChI=1S/C15H15BrN2O4/c1-14-5-2-6-21-11(14)15(12(19)17-13(20)18-15)9-7-8(16)3-4-10(9)22-14/h3-4,7,11H,2,5-6H2,1H3,(H2,17,18,19,20)/t11-,14-,15-/m0/s1. The smallest absolute Gasteiger partial charge is 0.322 e. The lowest BCUT2D eigenvalue weighted by atomic mass is 9.71. The second-order valence-electron chi connectivity index (χ2n) is 6.13. The second kappa shape index (κ2) is 4.45. The molecule has 3 heterocycles. The van der Waals surface area contributed by atoms with E-state index in [0.717, 1.165) is 17.3 Å². The summed E-state index contributed by atoms with van der Waals surface area (Å²) in [5.41, 5.74) is -1.29. The lowest BCUT2D eigenvalue weighted by molar-refractivity contribution is -0.175. The van der Waals surface area contributed by atoms with E-state index in [2.05, 4.69) is 26.6 Å². The summed E-state index contributed by atoms with van der Waals surface area (Å²) in [4.78, 5) is 24.5. The van der Waals surface area contributed by atoms with E-state index in [1.807, 2.05) is 19.1 Å². The number of benzene rings is 1. The molecule has 0 aromatic heterocycles. The van der Waals surface area contributed by atoms with Gasteiger partial charge in [0.15, 0.2) is 5.54 Å². The number of hydrogen-bond acceptors (Lipinski definition) is 4. The molecule has 0 radical (unpaired) electrons. The highest BCUT2D eigenvalue weighted by Gasteiger charge is 2.65. The molecular weight excluding hydrogens is 352 g/mol. The number of fused-ring (bicyclic) bond motifs is 4. The fourth-order valence-electron chi connectivity index (χ4n) is 3.75. The van der Waals surface area contributed by atoms with Crippen LogP contribution in [-0.4, -0.2) is 30.3 Å². The molecule has 0 saturated carbocycles. The molecule has 116 valence electrons. The maximum absolute atomic E-state index is 12.7. The van der Waals surface area contributed by atoms with Crippen LogP contribution in [0, 0.1) is 0 Å². The normalized spacial score (nSPS) is 36.2. The minimum Gasteiger partial charge on any atom is -0.484 e. The van der Waals surface area contributed by atoms with Crippen LogP contribution in [0.25, 0.3) is 0 Å². The highest BCUT2D eigenvalue weighted by molar-refractivity contribution is 9.10. The number of ether oxygens (including phenoxy) is 2. The summed E-state index contributed by atoms with van der Waals surface area (Å²) in [6.07, 6.45) is 1.05. The Morgan fingerprint density at radius 3 is 2.91 bits per heavy atom. The molecule has 2 N–H and O–H groups in total. The van der Waals surface area contributed by atoms with Crippen molar-refractivity contribution in [2.45, 2.75) is 37.0 Å². The first-order chi connectivity index (χ1) is 10.5. The van der Waals surface area contributed by atoms with Crippen molar-refractivity contribution >= 4 is 27.9 Å². The topological polar surface area (TPSA) is 76.7 Å². The van der Waals surface area contributed by atoms with Gasteiger partial charge in [0, 0.05) is 16.6 Å². The zero-order valence-corrected chi connectivity index (χ0v) is 13.5. The van der Waals surface area contributed by atoms with E-state index < -0.39 is 29.2 Å². The quantitative estimate of drug-likeness (QED) is 0.686. The molecule has 22 heavy (non-hydrogen) atoms. The molecule has 2 saturated heterocycles. The van der Waals surface area contributed by atoms with E-state index in [4.69, 9.17) is 9.47 Å². The molecular formula is C15H15BrN2O4. The van der Waals surface area contributed by atoms with Gasteiger partial charge in [-0.1, -0.05) is 15.9 Å². The summed E-state index contributed by atoms with van der Waals surface area (Å²) in [6.45, 7) is 2.47. The number of hydrogen-bond donors (Lipinski definition) is 2. The highest BCUT2D eigenvalue weighted by atomic mass is 79.9. The first-order valence-corrected chi connectivity index (χ1v) is 7.99. The number of halogens is 1. The van der Waals surface area contributed by atoms with E-state index in [9.17, 15) is 9.59 Å². The van der Waals surface area contributed by atoms with Crippen molar-refractivity contribution < 1.29 is 19.1 Å². The number of urea groups is 1. The Bertz CT molecular complexity index is 694. The highest BCUT2D eigenvalue weighted by Crippen LogP contribution is 2.50. The Hall–Kier alpha value is -1.60. The number of imide groups is 1. The Morgan fingerprint density at radius 2 is 2.18 bits per heavy atom. The van der Waals surface area contributed by atoms with Crippen molar-refractivity contribution in [1.82, 2.24) is 10.6 Å². The first-order valence-electron chi connectivity index (χ1n) is 7.20. The Labute approximate surface area is 135 Å². The van der Waals surface area contributed by atoms with Gasteiger partial charge in [-0.3, -0.25) is 10.1 Å². The number of nitrogens with one attached hydrogen (secondary N) is 2. The van der Waals surface area contributed by atoms with Crippen molar-refractivity contribution in [2.75, 3.05) is 6.61 Å². The van der Waals surface area contributed by atoms with Crippen molar-refractivity contribution in [2.24, 2.45) is 0 Å². The zero-order valence-electron chi connectivity index (χ0n) is 11.9. The fraction of sp³-hybridized carbons (Fsp3) is 0.467. The number of amides is 3. The van der Waals surface area contributed by atoms with Crippen molar-refractivity contribution in [3.63, 3.8) is 0 Å². The van der Waals surface area contributed by atoms with Gasteiger partial charge in [0.2, 0.25) is 0 Å². The van der Waals surface area contributed by atoms with Crippen LogP contribution < -0.4 is 15.4 Å². The number of carbonyl (C=O) groups is 2. The van der Waals surface area contributed by atoms with E-state index in [-0.39, 0.29) is 0 Å². The van der Waals surface area contributed by atoms with Gasteiger partial charge in [0.1, 0.15) is 17.5 Å². The third-order valence-corrected chi connectivity index (χ3v) is 5.15. The van der Waals surface area contributed by atoms with Gasteiger partial charge in [-0.05, 0) is 38.0 Å². The van der Waals surface area contributed by atoms with Gasteiger partial charge in [-0.15, -0.1) is 0 Å². The van der Waals surface area contributed by atoms with Crippen LogP contribution in [0.3, 0.4) is 0 Å². The monoisotopic (exact) mass is 366 g/mol. The van der Waals surface area contributed by atoms with E-state index >= 15 is 0 Å². The lowest BCUT2D eigenvalue weighted by Crippen LogP contribution is -2.68.